The smallest absolute Gasteiger partial charge is 0.122 e. The number of likely N-dealkylation sites (N-methyl/N-ethyl adjacent to an activating group) is 1. The topological polar surface area (TPSA) is 42.4 Å². The summed E-state index contributed by atoms with van der Waals surface area (Å²) in [7, 11) is 2.10. The monoisotopic (exact) mass is 264 g/mol. The first kappa shape index (κ1) is 13.3. The molecule has 0 aliphatic rings. The molecule has 0 bridgehead atoms. The molecule has 2 aromatic heterocycles. The van der Waals surface area contributed by atoms with E-state index in [1.165, 1.54) is 4.88 Å². The molecule has 3 nitrogen and oxygen atoms in total. The highest BCUT2D eigenvalue weighted by atomic mass is 32.1. The van der Waals surface area contributed by atoms with Crippen molar-refractivity contribution in [2.75, 3.05) is 7.05 Å². The first-order chi connectivity index (χ1) is 8.61. The molecule has 0 radical (unpaired) electrons. The number of hydrogen-bond donors (Lipinski definition) is 1. The van der Waals surface area contributed by atoms with Crippen LogP contribution in [0.2, 0.25) is 0 Å². The fourth-order valence-corrected chi connectivity index (χ4v) is 3.10. The van der Waals surface area contributed by atoms with Gasteiger partial charge in [-0.1, -0.05) is 6.07 Å². The molecule has 98 valence electrons. The Hall–Kier alpha value is -1.10. The van der Waals surface area contributed by atoms with Gasteiger partial charge in [0, 0.05) is 17.0 Å². The van der Waals surface area contributed by atoms with Gasteiger partial charge in [0.25, 0.3) is 0 Å². The van der Waals surface area contributed by atoms with Gasteiger partial charge in [0.15, 0.2) is 0 Å². The zero-order valence-electron chi connectivity index (χ0n) is 11.0. The second-order valence-corrected chi connectivity index (χ2v) is 5.66. The van der Waals surface area contributed by atoms with Crippen molar-refractivity contribution in [2.45, 2.75) is 32.0 Å². The molecule has 4 heteroatoms. The summed E-state index contributed by atoms with van der Waals surface area (Å²) >= 11 is 1.77. The number of hydrogen-bond acceptors (Lipinski definition) is 4. The third-order valence-electron chi connectivity index (χ3n) is 3.34. The third-order valence-corrected chi connectivity index (χ3v) is 4.38. The maximum Gasteiger partial charge on any atom is 0.122 e. The lowest BCUT2D eigenvalue weighted by Gasteiger charge is -2.33. The van der Waals surface area contributed by atoms with Crippen LogP contribution in [0.1, 0.15) is 36.6 Å². The first-order valence-electron chi connectivity index (χ1n) is 6.15. The summed E-state index contributed by atoms with van der Waals surface area (Å²) in [5, 5.41) is 2.10. The highest BCUT2D eigenvalue weighted by Gasteiger charge is 2.28. The predicted octanol–water partition coefficient (Wildman–Crippen LogP) is 3.42. The van der Waals surface area contributed by atoms with Crippen LogP contribution in [0.25, 0.3) is 0 Å². The van der Waals surface area contributed by atoms with Crippen LogP contribution in [0, 0.1) is 0 Å². The highest BCUT2D eigenvalue weighted by molar-refractivity contribution is 7.10. The lowest BCUT2D eigenvalue weighted by atomic mass is 10.0. The van der Waals surface area contributed by atoms with Crippen LogP contribution < -0.4 is 5.73 Å². The van der Waals surface area contributed by atoms with E-state index in [-0.39, 0.29) is 12.1 Å². The average Bonchev–Trinajstić information content (AvgIpc) is 3.00. The normalized spacial score (nSPS) is 16.7. The van der Waals surface area contributed by atoms with Crippen LogP contribution in [0.4, 0.5) is 0 Å². The van der Waals surface area contributed by atoms with Gasteiger partial charge in [0.05, 0.1) is 12.3 Å². The zero-order valence-corrected chi connectivity index (χ0v) is 11.9. The predicted molar refractivity (Wildman–Crippen MR) is 75.6 cm³/mol. The minimum atomic E-state index is 0.0172. The van der Waals surface area contributed by atoms with Crippen molar-refractivity contribution in [3.05, 3.63) is 46.5 Å². The number of rotatable bonds is 5. The van der Waals surface area contributed by atoms with Crippen molar-refractivity contribution in [1.29, 1.82) is 0 Å². The molecule has 18 heavy (non-hydrogen) atoms. The fourth-order valence-electron chi connectivity index (χ4n) is 2.26. The summed E-state index contributed by atoms with van der Waals surface area (Å²) < 4.78 is 5.53. The average molecular weight is 264 g/mol. The van der Waals surface area contributed by atoms with E-state index in [1.807, 2.05) is 19.1 Å². The fraction of sp³-hybridized carbons (Fsp3) is 0.429. The quantitative estimate of drug-likeness (QED) is 0.899. The Kier molecular flexibility index (Phi) is 4.22. The zero-order chi connectivity index (χ0) is 13.1. The van der Waals surface area contributed by atoms with Crippen molar-refractivity contribution in [2.24, 2.45) is 5.73 Å². The second kappa shape index (κ2) is 5.69. The summed E-state index contributed by atoms with van der Waals surface area (Å²) in [6.45, 7) is 4.22. The summed E-state index contributed by atoms with van der Waals surface area (Å²) in [5.74, 6) is 0.927. The minimum absolute atomic E-state index is 0.0172. The Labute approximate surface area is 112 Å². The van der Waals surface area contributed by atoms with Gasteiger partial charge in [0.2, 0.25) is 0 Å². The molecule has 2 heterocycles. The largest absolute Gasteiger partial charge is 0.468 e. The van der Waals surface area contributed by atoms with E-state index >= 15 is 0 Å². The van der Waals surface area contributed by atoms with Gasteiger partial charge in [-0.05, 0) is 44.5 Å². The van der Waals surface area contributed by atoms with E-state index in [2.05, 4.69) is 36.4 Å². The Morgan fingerprint density at radius 3 is 2.56 bits per heavy atom. The van der Waals surface area contributed by atoms with Crippen LogP contribution in [0.3, 0.4) is 0 Å². The van der Waals surface area contributed by atoms with Crippen LogP contribution in [0.5, 0.6) is 0 Å². The molecule has 2 N–H and O–H groups in total. The van der Waals surface area contributed by atoms with E-state index in [9.17, 15) is 0 Å². The molecule has 3 atom stereocenters. The van der Waals surface area contributed by atoms with Crippen LogP contribution in [-0.4, -0.2) is 18.0 Å². The van der Waals surface area contributed by atoms with Crippen LogP contribution >= 0.6 is 11.3 Å². The maximum absolute atomic E-state index is 6.12. The van der Waals surface area contributed by atoms with E-state index in [1.54, 1.807) is 17.6 Å². The summed E-state index contributed by atoms with van der Waals surface area (Å²) in [6, 6.07) is 8.58. The number of furan rings is 1. The minimum Gasteiger partial charge on any atom is -0.468 e. The molecule has 0 fully saturated rings. The molecular weight excluding hydrogens is 244 g/mol. The molecule has 0 saturated heterocycles. The number of nitrogens with zero attached hydrogens (tertiary/aromatic N) is 1. The highest BCUT2D eigenvalue weighted by Crippen LogP contribution is 2.32. The molecule has 0 aliphatic carbocycles. The van der Waals surface area contributed by atoms with E-state index in [0.717, 1.165) is 5.76 Å². The third kappa shape index (κ3) is 2.66. The van der Waals surface area contributed by atoms with Crippen molar-refractivity contribution >= 4 is 11.3 Å². The molecule has 2 rings (SSSR count). The maximum atomic E-state index is 6.12. The summed E-state index contributed by atoms with van der Waals surface area (Å²) in [5.41, 5.74) is 6.12. The standard InChI is InChI=1S/C14H20N2OS/c1-10(15)14(12-6-4-8-17-12)16(3)11(2)13-7-5-9-18-13/h4-11,14H,15H2,1-3H3. The van der Waals surface area contributed by atoms with Crippen molar-refractivity contribution in [3.8, 4) is 0 Å². The van der Waals surface area contributed by atoms with Gasteiger partial charge in [-0.15, -0.1) is 11.3 Å². The summed E-state index contributed by atoms with van der Waals surface area (Å²) in [4.78, 5) is 3.62. The van der Waals surface area contributed by atoms with Gasteiger partial charge in [-0.25, -0.2) is 0 Å². The van der Waals surface area contributed by atoms with Crippen molar-refractivity contribution in [1.82, 2.24) is 4.90 Å². The van der Waals surface area contributed by atoms with Crippen LogP contribution in [-0.2, 0) is 0 Å². The van der Waals surface area contributed by atoms with Crippen molar-refractivity contribution in [3.63, 3.8) is 0 Å². The van der Waals surface area contributed by atoms with Crippen molar-refractivity contribution < 1.29 is 4.42 Å². The van der Waals surface area contributed by atoms with Gasteiger partial charge < -0.3 is 10.2 Å². The Bertz CT molecular complexity index is 450. The Morgan fingerprint density at radius 2 is 2.06 bits per heavy atom. The molecule has 3 unspecified atom stereocenters. The lowest BCUT2D eigenvalue weighted by molar-refractivity contribution is 0.147. The SMILES string of the molecule is CC(N)C(c1ccco1)N(C)C(C)c1cccs1. The Balaban J connectivity index is 2.21. The summed E-state index contributed by atoms with van der Waals surface area (Å²) in [6.07, 6.45) is 1.70. The molecule has 0 saturated carbocycles. The molecule has 0 aromatic carbocycles. The number of thiophene rings is 1. The van der Waals surface area contributed by atoms with E-state index in [0.29, 0.717) is 6.04 Å². The van der Waals surface area contributed by atoms with Gasteiger partial charge in [0.1, 0.15) is 5.76 Å². The van der Waals surface area contributed by atoms with Crippen LogP contribution in [0.15, 0.2) is 40.3 Å². The first-order valence-corrected chi connectivity index (χ1v) is 7.03. The molecule has 0 spiro atoms. The van der Waals surface area contributed by atoms with E-state index in [4.69, 9.17) is 10.2 Å². The Morgan fingerprint density at radius 1 is 1.28 bits per heavy atom. The molecule has 2 aromatic rings. The molecular formula is C14H20N2OS. The lowest BCUT2D eigenvalue weighted by Crippen LogP contribution is -2.38. The van der Waals surface area contributed by atoms with Gasteiger partial charge >= 0.3 is 0 Å². The van der Waals surface area contributed by atoms with Gasteiger partial charge in [-0.2, -0.15) is 0 Å². The second-order valence-electron chi connectivity index (χ2n) is 4.68. The molecule has 0 aliphatic heterocycles. The number of nitrogens with two attached hydrogens (primary N) is 1. The van der Waals surface area contributed by atoms with E-state index < -0.39 is 0 Å². The van der Waals surface area contributed by atoms with Gasteiger partial charge in [-0.3, -0.25) is 4.90 Å². The molecule has 0 amide bonds.